The van der Waals surface area contributed by atoms with E-state index in [0.717, 1.165) is 17.5 Å². The van der Waals surface area contributed by atoms with Crippen LogP contribution in [0, 0.1) is 0 Å². The first-order valence-electron chi connectivity index (χ1n) is 7.02. The molecule has 1 aliphatic heterocycles. The zero-order valence-corrected chi connectivity index (χ0v) is 12.0. The Labute approximate surface area is 120 Å². The molecule has 3 rings (SSSR count). The molecule has 0 unspecified atom stereocenters. The zero-order chi connectivity index (χ0) is 14.2. The second kappa shape index (κ2) is 4.78. The van der Waals surface area contributed by atoms with Gasteiger partial charge in [0.25, 0.3) is 5.91 Å². The summed E-state index contributed by atoms with van der Waals surface area (Å²) < 4.78 is 0. The molecule has 1 amide bonds. The number of hydrogen-bond donors (Lipinski definition) is 0. The third-order valence-electron chi connectivity index (χ3n) is 4.03. The standard InChI is InChI=1S/C18H19NO/c1-18(2)12-15-10-6-7-11-16(15)17(20)19(18)13-14-8-4-3-5-9-14/h3-11H,12-13H2,1-2H3. The number of hydrogen-bond acceptors (Lipinski definition) is 1. The molecule has 2 aromatic rings. The zero-order valence-electron chi connectivity index (χ0n) is 12.0. The summed E-state index contributed by atoms with van der Waals surface area (Å²) in [6.07, 6.45) is 0.905. The number of carbonyl (C=O) groups excluding carboxylic acids is 1. The molecule has 0 fully saturated rings. The molecule has 0 aliphatic carbocycles. The molecule has 2 aromatic carbocycles. The SMILES string of the molecule is CC1(C)Cc2ccccc2C(=O)N1Cc1ccccc1. The van der Waals surface area contributed by atoms with Crippen LogP contribution in [0.1, 0.15) is 35.3 Å². The normalized spacial score (nSPS) is 16.9. The molecule has 2 nitrogen and oxygen atoms in total. The van der Waals surface area contributed by atoms with E-state index >= 15 is 0 Å². The monoisotopic (exact) mass is 265 g/mol. The van der Waals surface area contributed by atoms with Gasteiger partial charge in [0, 0.05) is 17.6 Å². The van der Waals surface area contributed by atoms with E-state index in [1.54, 1.807) is 0 Å². The molecule has 102 valence electrons. The van der Waals surface area contributed by atoms with Gasteiger partial charge in [-0.2, -0.15) is 0 Å². The van der Waals surface area contributed by atoms with Crippen LogP contribution in [-0.2, 0) is 13.0 Å². The second-order valence-electron chi connectivity index (χ2n) is 6.02. The summed E-state index contributed by atoms with van der Waals surface area (Å²) in [6, 6.07) is 18.1. The Morgan fingerprint density at radius 1 is 1.00 bits per heavy atom. The van der Waals surface area contributed by atoms with E-state index in [0.29, 0.717) is 6.54 Å². The average Bonchev–Trinajstić information content (AvgIpc) is 2.44. The minimum Gasteiger partial charge on any atom is -0.329 e. The Balaban J connectivity index is 1.97. The minimum atomic E-state index is -0.152. The molecule has 0 atom stereocenters. The highest BCUT2D eigenvalue weighted by Gasteiger charge is 2.37. The van der Waals surface area contributed by atoms with Crippen LogP contribution in [0.25, 0.3) is 0 Å². The van der Waals surface area contributed by atoms with Crippen molar-refractivity contribution in [1.82, 2.24) is 4.90 Å². The molecule has 0 aromatic heterocycles. The lowest BCUT2D eigenvalue weighted by molar-refractivity contribution is 0.0481. The molecule has 0 saturated carbocycles. The van der Waals surface area contributed by atoms with Gasteiger partial charge in [0.1, 0.15) is 0 Å². The van der Waals surface area contributed by atoms with Gasteiger partial charge in [-0.1, -0.05) is 48.5 Å². The molecule has 0 spiro atoms. The maximum absolute atomic E-state index is 12.8. The fraction of sp³-hybridized carbons (Fsp3) is 0.278. The maximum atomic E-state index is 12.8. The van der Waals surface area contributed by atoms with Gasteiger partial charge in [-0.15, -0.1) is 0 Å². The lowest BCUT2D eigenvalue weighted by atomic mass is 9.85. The first-order chi connectivity index (χ1) is 9.58. The van der Waals surface area contributed by atoms with Crippen molar-refractivity contribution in [2.75, 3.05) is 0 Å². The molecular weight excluding hydrogens is 246 g/mol. The summed E-state index contributed by atoms with van der Waals surface area (Å²) >= 11 is 0. The van der Waals surface area contributed by atoms with Gasteiger partial charge in [0.15, 0.2) is 0 Å². The van der Waals surface area contributed by atoms with Gasteiger partial charge >= 0.3 is 0 Å². The predicted molar refractivity (Wildman–Crippen MR) is 80.5 cm³/mol. The summed E-state index contributed by atoms with van der Waals surface area (Å²) in [5.74, 6) is 0.140. The van der Waals surface area contributed by atoms with Gasteiger partial charge in [0.2, 0.25) is 0 Å². The summed E-state index contributed by atoms with van der Waals surface area (Å²) in [7, 11) is 0. The van der Waals surface area contributed by atoms with E-state index in [4.69, 9.17) is 0 Å². The van der Waals surface area contributed by atoms with Crippen molar-refractivity contribution in [2.24, 2.45) is 0 Å². The van der Waals surface area contributed by atoms with Gasteiger partial charge in [0.05, 0.1) is 0 Å². The third-order valence-corrected chi connectivity index (χ3v) is 4.03. The van der Waals surface area contributed by atoms with Gasteiger partial charge in [-0.05, 0) is 37.5 Å². The summed E-state index contributed by atoms with van der Waals surface area (Å²) in [5.41, 5.74) is 3.03. The molecule has 20 heavy (non-hydrogen) atoms. The molecule has 1 heterocycles. The highest BCUT2D eigenvalue weighted by molar-refractivity contribution is 5.97. The van der Waals surface area contributed by atoms with Crippen molar-refractivity contribution in [2.45, 2.75) is 32.4 Å². The topological polar surface area (TPSA) is 20.3 Å². The Morgan fingerprint density at radius 3 is 2.40 bits per heavy atom. The molecule has 0 N–H and O–H groups in total. The van der Waals surface area contributed by atoms with E-state index in [-0.39, 0.29) is 11.4 Å². The Kier molecular flexibility index (Phi) is 3.09. The van der Waals surface area contributed by atoms with Crippen LogP contribution in [0.3, 0.4) is 0 Å². The predicted octanol–water partition coefficient (Wildman–Crippen LogP) is 3.66. The maximum Gasteiger partial charge on any atom is 0.254 e. The van der Waals surface area contributed by atoms with Gasteiger partial charge in [-0.25, -0.2) is 0 Å². The molecule has 0 saturated heterocycles. The van der Waals surface area contributed by atoms with Crippen LogP contribution >= 0.6 is 0 Å². The van der Waals surface area contributed by atoms with Crippen molar-refractivity contribution in [3.05, 3.63) is 71.3 Å². The van der Waals surface area contributed by atoms with E-state index in [2.05, 4.69) is 32.0 Å². The van der Waals surface area contributed by atoms with E-state index in [9.17, 15) is 4.79 Å². The van der Waals surface area contributed by atoms with Crippen LogP contribution in [0.15, 0.2) is 54.6 Å². The Morgan fingerprint density at radius 2 is 1.65 bits per heavy atom. The molecular formula is C18H19NO. The van der Waals surface area contributed by atoms with Crippen molar-refractivity contribution in [3.63, 3.8) is 0 Å². The number of amides is 1. The molecule has 0 bridgehead atoms. The van der Waals surface area contributed by atoms with E-state index in [1.165, 1.54) is 5.56 Å². The Bertz CT molecular complexity index is 631. The quantitative estimate of drug-likeness (QED) is 0.811. The third kappa shape index (κ3) is 2.22. The summed E-state index contributed by atoms with van der Waals surface area (Å²) in [6.45, 7) is 4.95. The summed E-state index contributed by atoms with van der Waals surface area (Å²) in [4.78, 5) is 14.8. The van der Waals surface area contributed by atoms with Crippen molar-refractivity contribution >= 4 is 5.91 Å². The van der Waals surface area contributed by atoms with Crippen LogP contribution < -0.4 is 0 Å². The van der Waals surface area contributed by atoms with Crippen molar-refractivity contribution in [3.8, 4) is 0 Å². The van der Waals surface area contributed by atoms with Crippen molar-refractivity contribution in [1.29, 1.82) is 0 Å². The van der Waals surface area contributed by atoms with Gasteiger partial charge < -0.3 is 4.90 Å². The Hall–Kier alpha value is -2.09. The van der Waals surface area contributed by atoms with E-state index < -0.39 is 0 Å². The number of fused-ring (bicyclic) bond motifs is 1. The molecule has 0 radical (unpaired) electrons. The highest BCUT2D eigenvalue weighted by Crippen LogP contribution is 2.31. The van der Waals surface area contributed by atoms with Crippen LogP contribution in [0.2, 0.25) is 0 Å². The summed E-state index contributed by atoms with van der Waals surface area (Å²) in [5, 5.41) is 0. The van der Waals surface area contributed by atoms with Gasteiger partial charge in [-0.3, -0.25) is 4.79 Å². The number of benzene rings is 2. The lowest BCUT2D eigenvalue weighted by Crippen LogP contribution is -2.52. The molecule has 2 heteroatoms. The first kappa shape index (κ1) is 12.9. The minimum absolute atomic E-state index is 0.140. The first-order valence-corrected chi connectivity index (χ1v) is 7.02. The second-order valence-corrected chi connectivity index (χ2v) is 6.02. The number of carbonyl (C=O) groups is 1. The van der Waals surface area contributed by atoms with E-state index in [1.807, 2.05) is 41.3 Å². The number of rotatable bonds is 2. The van der Waals surface area contributed by atoms with Crippen LogP contribution in [-0.4, -0.2) is 16.3 Å². The number of nitrogens with zero attached hydrogens (tertiary/aromatic N) is 1. The lowest BCUT2D eigenvalue weighted by Gasteiger charge is -2.43. The van der Waals surface area contributed by atoms with Crippen LogP contribution in [0.5, 0.6) is 0 Å². The fourth-order valence-corrected chi connectivity index (χ4v) is 2.92. The highest BCUT2D eigenvalue weighted by atomic mass is 16.2. The average molecular weight is 265 g/mol. The smallest absolute Gasteiger partial charge is 0.254 e. The largest absolute Gasteiger partial charge is 0.329 e. The van der Waals surface area contributed by atoms with Crippen LogP contribution in [0.4, 0.5) is 0 Å². The van der Waals surface area contributed by atoms with Crippen molar-refractivity contribution < 1.29 is 4.79 Å². The fourth-order valence-electron chi connectivity index (χ4n) is 2.92. The molecule has 1 aliphatic rings.